The molecule has 0 saturated carbocycles. The van der Waals surface area contributed by atoms with E-state index in [0.29, 0.717) is 20.7 Å². The Bertz CT molecular complexity index is 721. The van der Waals surface area contributed by atoms with Gasteiger partial charge in [-0.25, -0.2) is 0 Å². The molecule has 0 unspecified atom stereocenters. The summed E-state index contributed by atoms with van der Waals surface area (Å²) in [6.07, 6.45) is 0. The van der Waals surface area contributed by atoms with E-state index in [1.165, 1.54) is 12.1 Å². The third-order valence-electron chi connectivity index (χ3n) is 2.90. The van der Waals surface area contributed by atoms with Gasteiger partial charge in [-0.05, 0) is 57.2 Å². The highest BCUT2D eigenvalue weighted by Gasteiger charge is 2.32. The summed E-state index contributed by atoms with van der Waals surface area (Å²) in [7, 11) is -3.21. The summed E-state index contributed by atoms with van der Waals surface area (Å²) >= 11 is 12.1. The van der Waals surface area contributed by atoms with Crippen molar-refractivity contribution in [2.45, 2.75) is 26.3 Å². The smallest absolute Gasteiger partial charge is 0.205 e. The first-order valence-corrected chi connectivity index (χ1v) is 9.22. The summed E-state index contributed by atoms with van der Waals surface area (Å²) in [5, 5.41) is 14.8. The van der Waals surface area contributed by atoms with Gasteiger partial charge in [-0.2, -0.15) is 0 Å². The normalized spacial score (nSPS) is 14.6. The summed E-state index contributed by atoms with van der Waals surface area (Å²) in [6.45, 7) is 5.78. The second-order valence-corrected chi connectivity index (χ2v) is 9.47. The van der Waals surface area contributed by atoms with Crippen LogP contribution in [-0.4, -0.2) is 10.6 Å². The largest absolute Gasteiger partial charge is 0.508 e. The van der Waals surface area contributed by atoms with E-state index in [0.717, 1.165) is 0 Å². The van der Waals surface area contributed by atoms with E-state index in [1.54, 1.807) is 30.3 Å². The summed E-state index contributed by atoms with van der Waals surface area (Å²) < 4.78 is 13.7. The molecule has 0 aromatic heterocycles. The van der Waals surface area contributed by atoms with E-state index < -0.39 is 12.8 Å². The Morgan fingerprint density at radius 1 is 1.00 bits per heavy atom. The van der Waals surface area contributed by atoms with Gasteiger partial charge >= 0.3 is 0 Å². The van der Waals surface area contributed by atoms with Gasteiger partial charge in [0.25, 0.3) is 0 Å². The minimum atomic E-state index is -3.21. The third kappa shape index (κ3) is 4.05. The van der Waals surface area contributed by atoms with Crippen molar-refractivity contribution in [1.29, 1.82) is 0 Å². The fraction of sp³-hybridized carbons (Fsp3) is 0.250. The van der Waals surface area contributed by atoms with E-state index in [1.807, 2.05) is 20.8 Å². The van der Waals surface area contributed by atoms with Gasteiger partial charge in [0.05, 0.1) is 0 Å². The molecule has 0 fully saturated rings. The first-order valence-electron chi connectivity index (χ1n) is 6.76. The molecule has 0 aliphatic rings. The first kappa shape index (κ1) is 17.4. The maximum absolute atomic E-state index is 13.7. The highest BCUT2D eigenvalue weighted by atomic mass is 35.5. The molecule has 0 bridgehead atoms. The Morgan fingerprint density at radius 2 is 1.64 bits per heavy atom. The molecular weight excluding hydrogens is 340 g/mol. The van der Waals surface area contributed by atoms with Crippen molar-refractivity contribution in [2.75, 3.05) is 0 Å². The van der Waals surface area contributed by atoms with Crippen molar-refractivity contribution in [2.24, 2.45) is 0 Å². The number of halogens is 2. The Labute approximate surface area is 140 Å². The number of nitrogens with one attached hydrogen (secondary N) is 1. The fourth-order valence-electron chi connectivity index (χ4n) is 2.16. The number of aromatic hydroxyl groups is 1. The lowest BCUT2D eigenvalue weighted by Crippen LogP contribution is -2.39. The molecule has 1 atom stereocenters. The summed E-state index contributed by atoms with van der Waals surface area (Å²) in [4.78, 5) is 0. The standard InChI is InChI=1S/C16H18Cl2NO2P/c1-16(2,3)19-22(21,14-6-4-5-11(17)8-14)15-9-12(18)7-13(20)10-15/h4-10,20H,1-3H3,(H,19,21)/t22-/m1/s1. The Morgan fingerprint density at radius 3 is 2.18 bits per heavy atom. The van der Waals surface area contributed by atoms with Gasteiger partial charge in [0, 0.05) is 26.2 Å². The summed E-state index contributed by atoms with van der Waals surface area (Å²) in [5.41, 5.74) is -0.407. The van der Waals surface area contributed by atoms with Gasteiger partial charge in [0.2, 0.25) is 7.29 Å². The minimum Gasteiger partial charge on any atom is -0.508 e. The number of phenols is 1. The van der Waals surface area contributed by atoms with Gasteiger partial charge in [0.1, 0.15) is 5.75 Å². The molecule has 0 aliphatic heterocycles. The Kier molecular flexibility index (Phi) is 4.93. The quantitative estimate of drug-likeness (QED) is 0.804. The number of phenolic OH excluding ortho intramolecular Hbond substituents is 1. The highest BCUT2D eigenvalue weighted by molar-refractivity contribution is 7.77. The number of rotatable bonds is 3. The van der Waals surface area contributed by atoms with E-state index in [-0.39, 0.29) is 5.75 Å². The first-order chi connectivity index (χ1) is 10.1. The summed E-state index contributed by atoms with van der Waals surface area (Å²) in [5.74, 6) is -0.0273. The molecule has 22 heavy (non-hydrogen) atoms. The number of benzene rings is 2. The lowest BCUT2D eigenvalue weighted by atomic mass is 10.1. The molecule has 0 amide bonds. The van der Waals surface area contributed by atoms with Crippen LogP contribution in [0, 0.1) is 0 Å². The molecule has 0 saturated heterocycles. The lowest BCUT2D eigenvalue weighted by molar-refractivity contribution is 0.475. The van der Waals surface area contributed by atoms with Crippen LogP contribution in [0.3, 0.4) is 0 Å². The molecule has 0 radical (unpaired) electrons. The molecule has 3 nitrogen and oxygen atoms in total. The van der Waals surface area contributed by atoms with Gasteiger partial charge < -0.3 is 5.11 Å². The second kappa shape index (κ2) is 6.25. The monoisotopic (exact) mass is 357 g/mol. The Hall–Kier alpha value is -0.990. The SMILES string of the molecule is CC(C)(C)N[P@@](=O)(c1cccc(Cl)c1)c1cc(O)cc(Cl)c1. The molecule has 2 aromatic rings. The zero-order valence-electron chi connectivity index (χ0n) is 12.6. The number of hydrogen-bond donors (Lipinski definition) is 2. The van der Waals surface area contributed by atoms with Crippen LogP contribution in [0.4, 0.5) is 0 Å². The average molecular weight is 358 g/mol. The van der Waals surface area contributed by atoms with Gasteiger partial charge in [0.15, 0.2) is 0 Å². The molecule has 6 heteroatoms. The maximum atomic E-state index is 13.7. The van der Waals surface area contributed by atoms with Crippen LogP contribution >= 0.6 is 30.5 Å². The van der Waals surface area contributed by atoms with Crippen molar-refractivity contribution in [1.82, 2.24) is 5.09 Å². The van der Waals surface area contributed by atoms with Crippen molar-refractivity contribution < 1.29 is 9.67 Å². The van der Waals surface area contributed by atoms with Gasteiger partial charge in [-0.15, -0.1) is 0 Å². The minimum absolute atomic E-state index is 0.0273. The summed E-state index contributed by atoms with van der Waals surface area (Å²) in [6, 6.07) is 11.4. The molecule has 2 aromatic carbocycles. The van der Waals surface area contributed by atoms with Crippen LogP contribution in [0.25, 0.3) is 0 Å². The van der Waals surface area contributed by atoms with Crippen molar-refractivity contribution in [3.63, 3.8) is 0 Å². The van der Waals surface area contributed by atoms with Crippen LogP contribution in [0.2, 0.25) is 10.0 Å². The lowest BCUT2D eigenvalue weighted by Gasteiger charge is -2.29. The van der Waals surface area contributed by atoms with E-state index >= 15 is 0 Å². The zero-order chi connectivity index (χ0) is 16.5. The van der Waals surface area contributed by atoms with Gasteiger partial charge in [-0.1, -0.05) is 29.3 Å². The fourth-order valence-corrected chi connectivity index (χ4v) is 5.49. The third-order valence-corrected chi connectivity index (χ3v) is 6.33. The zero-order valence-corrected chi connectivity index (χ0v) is 15.0. The molecular formula is C16H18Cl2NO2P. The van der Waals surface area contributed by atoms with Crippen molar-refractivity contribution >= 4 is 41.1 Å². The molecule has 0 aliphatic carbocycles. The highest BCUT2D eigenvalue weighted by Crippen LogP contribution is 2.43. The molecule has 0 heterocycles. The van der Waals surface area contributed by atoms with Gasteiger partial charge in [-0.3, -0.25) is 9.65 Å². The second-order valence-electron chi connectivity index (χ2n) is 6.12. The van der Waals surface area contributed by atoms with Crippen LogP contribution in [0.1, 0.15) is 20.8 Å². The van der Waals surface area contributed by atoms with Crippen LogP contribution < -0.4 is 15.7 Å². The number of hydrogen-bond acceptors (Lipinski definition) is 2. The molecule has 0 spiro atoms. The van der Waals surface area contributed by atoms with E-state index in [4.69, 9.17) is 23.2 Å². The van der Waals surface area contributed by atoms with Crippen molar-refractivity contribution in [3.8, 4) is 5.75 Å². The molecule has 2 N–H and O–H groups in total. The van der Waals surface area contributed by atoms with Crippen LogP contribution in [-0.2, 0) is 4.57 Å². The average Bonchev–Trinajstić information content (AvgIpc) is 2.35. The molecule has 2 rings (SSSR count). The van der Waals surface area contributed by atoms with Crippen LogP contribution in [0.5, 0.6) is 5.75 Å². The van der Waals surface area contributed by atoms with E-state index in [2.05, 4.69) is 5.09 Å². The Balaban J connectivity index is 2.67. The maximum Gasteiger partial charge on any atom is 0.205 e. The van der Waals surface area contributed by atoms with Crippen molar-refractivity contribution in [3.05, 3.63) is 52.5 Å². The van der Waals surface area contributed by atoms with Crippen LogP contribution in [0.15, 0.2) is 42.5 Å². The predicted octanol–water partition coefficient (Wildman–Crippen LogP) is 4.32. The topological polar surface area (TPSA) is 49.3 Å². The van der Waals surface area contributed by atoms with E-state index in [9.17, 15) is 9.67 Å². The molecule has 118 valence electrons. The predicted molar refractivity (Wildman–Crippen MR) is 94.3 cm³/mol.